The number of carboxylic acid groups (broad SMARTS) is 1. The molecule has 0 aromatic carbocycles. The van der Waals surface area contributed by atoms with Crippen molar-refractivity contribution in [3.63, 3.8) is 0 Å². The summed E-state index contributed by atoms with van der Waals surface area (Å²) >= 11 is 5.74. The van der Waals surface area contributed by atoms with Crippen LogP contribution in [0.15, 0.2) is 12.1 Å². The van der Waals surface area contributed by atoms with E-state index in [2.05, 4.69) is 10.3 Å². The number of carboxylic acids is 1. The second-order valence-corrected chi connectivity index (χ2v) is 4.13. The van der Waals surface area contributed by atoms with E-state index >= 15 is 0 Å². The molecule has 1 aromatic rings. The molecular weight excluding hydrogens is 228 g/mol. The highest BCUT2D eigenvalue weighted by molar-refractivity contribution is 6.29. The number of hydrogen-bond acceptors (Lipinski definition) is 3. The lowest BCUT2D eigenvalue weighted by Crippen LogP contribution is -2.17. The van der Waals surface area contributed by atoms with Crippen LogP contribution in [0.3, 0.4) is 0 Å². The van der Waals surface area contributed by atoms with E-state index in [0.29, 0.717) is 11.6 Å². The van der Waals surface area contributed by atoms with Gasteiger partial charge in [0.25, 0.3) is 0 Å². The molecule has 16 heavy (non-hydrogen) atoms. The Labute approximate surface area is 99.6 Å². The minimum atomic E-state index is -0.778. The molecule has 4 nitrogen and oxygen atoms in total. The van der Waals surface area contributed by atoms with Gasteiger partial charge in [-0.2, -0.15) is 0 Å². The monoisotopic (exact) mass is 242 g/mol. The van der Waals surface area contributed by atoms with Gasteiger partial charge in [0.15, 0.2) is 0 Å². The van der Waals surface area contributed by atoms with Crippen molar-refractivity contribution in [2.75, 3.05) is 5.32 Å². The second-order valence-electron chi connectivity index (χ2n) is 3.74. The highest BCUT2D eigenvalue weighted by Gasteiger charge is 2.07. The van der Waals surface area contributed by atoms with E-state index in [1.807, 2.05) is 19.9 Å². The number of pyridine rings is 1. The molecule has 0 radical (unpaired) electrons. The number of aliphatic carboxylic acids is 1. The number of aromatic nitrogens is 1. The normalized spacial score (nSPS) is 12.2. The summed E-state index contributed by atoms with van der Waals surface area (Å²) in [5.41, 5.74) is 1.71. The fourth-order valence-electron chi connectivity index (χ4n) is 1.36. The van der Waals surface area contributed by atoms with E-state index in [1.165, 1.54) is 0 Å². The zero-order valence-electron chi connectivity index (χ0n) is 9.33. The highest BCUT2D eigenvalue weighted by atomic mass is 35.5. The van der Waals surface area contributed by atoms with E-state index in [1.54, 1.807) is 6.07 Å². The summed E-state index contributed by atoms with van der Waals surface area (Å²) in [6.45, 7) is 3.80. The van der Waals surface area contributed by atoms with Crippen molar-refractivity contribution in [3.05, 3.63) is 23.0 Å². The molecule has 0 aliphatic carbocycles. The zero-order valence-corrected chi connectivity index (χ0v) is 10.1. The molecule has 0 bridgehead atoms. The Morgan fingerprint density at radius 3 is 2.88 bits per heavy atom. The highest BCUT2D eigenvalue weighted by Crippen LogP contribution is 2.17. The lowest BCUT2D eigenvalue weighted by Gasteiger charge is -2.15. The summed E-state index contributed by atoms with van der Waals surface area (Å²) in [6.07, 6.45) is 0.742. The molecule has 0 aliphatic heterocycles. The Morgan fingerprint density at radius 2 is 2.31 bits per heavy atom. The van der Waals surface area contributed by atoms with Crippen molar-refractivity contribution >= 4 is 23.3 Å². The van der Waals surface area contributed by atoms with Crippen molar-refractivity contribution in [3.8, 4) is 0 Å². The molecule has 5 heteroatoms. The molecule has 0 fully saturated rings. The van der Waals surface area contributed by atoms with Gasteiger partial charge < -0.3 is 10.4 Å². The van der Waals surface area contributed by atoms with Gasteiger partial charge in [-0.15, -0.1) is 0 Å². The molecule has 88 valence electrons. The van der Waals surface area contributed by atoms with Crippen LogP contribution in [0.25, 0.3) is 0 Å². The average molecular weight is 243 g/mol. The van der Waals surface area contributed by atoms with E-state index in [-0.39, 0.29) is 12.5 Å². The van der Waals surface area contributed by atoms with Crippen molar-refractivity contribution in [1.82, 2.24) is 4.98 Å². The fraction of sp³-hybridized carbons (Fsp3) is 0.455. The largest absolute Gasteiger partial charge is 0.481 e. The fourth-order valence-corrected chi connectivity index (χ4v) is 1.55. The lowest BCUT2D eigenvalue weighted by molar-refractivity contribution is -0.137. The molecule has 1 unspecified atom stereocenters. The standard InChI is InChI=1S/C11H15ClN2O2/c1-7(3-6-11(15)16)13-9-4-5-10(12)14-8(9)2/h4-5,7,13H,3,6H2,1-2H3,(H,15,16). The number of nitrogens with one attached hydrogen (secondary N) is 1. The first kappa shape index (κ1) is 12.8. The third-order valence-corrected chi connectivity index (χ3v) is 2.46. The number of carbonyl (C=O) groups is 1. The molecule has 1 heterocycles. The maximum absolute atomic E-state index is 10.4. The number of nitrogens with zero attached hydrogens (tertiary/aromatic N) is 1. The van der Waals surface area contributed by atoms with Crippen LogP contribution in [0, 0.1) is 6.92 Å². The SMILES string of the molecule is Cc1nc(Cl)ccc1NC(C)CCC(=O)O. The van der Waals surface area contributed by atoms with Crippen molar-refractivity contribution in [2.45, 2.75) is 32.7 Å². The molecule has 0 saturated heterocycles. The predicted octanol–water partition coefficient (Wildman–Crippen LogP) is 2.71. The number of hydrogen-bond donors (Lipinski definition) is 2. The first-order valence-electron chi connectivity index (χ1n) is 5.10. The van der Waals surface area contributed by atoms with E-state index in [9.17, 15) is 4.79 Å². The minimum Gasteiger partial charge on any atom is -0.481 e. The Bertz CT molecular complexity index is 382. The Morgan fingerprint density at radius 1 is 1.62 bits per heavy atom. The van der Waals surface area contributed by atoms with Gasteiger partial charge in [0, 0.05) is 12.5 Å². The van der Waals surface area contributed by atoms with Gasteiger partial charge in [-0.25, -0.2) is 4.98 Å². The minimum absolute atomic E-state index is 0.0952. The average Bonchev–Trinajstić information content (AvgIpc) is 2.19. The predicted molar refractivity (Wildman–Crippen MR) is 63.9 cm³/mol. The summed E-state index contributed by atoms with van der Waals surface area (Å²) < 4.78 is 0. The van der Waals surface area contributed by atoms with E-state index in [4.69, 9.17) is 16.7 Å². The molecule has 1 aromatic heterocycles. The Hall–Kier alpha value is -1.29. The maximum Gasteiger partial charge on any atom is 0.303 e. The van der Waals surface area contributed by atoms with Gasteiger partial charge in [0.05, 0.1) is 11.4 Å². The van der Waals surface area contributed by atoms with Gasteiger partial charge >= 0.3 is 5.97 Å². The first-order valence-corrected chi connectivity index (χ1v) is 5.48. The number of aryl methyl sites for hydroxylation is 1. The van der Waals surface area contributed by atoms with Gasteiger partial charge in [-0.1, -0.05) is 11.6 Å². The lowest BCUT2D eigenvalue weighted by atomic mass is 10.1. The molecular formula is C11H15ClN2O2. The van der Waals surface area contributed by atoms with E-state index in [0.717, 1.165) is 11.4 Å². The summed E-state index contributed by atoms with van der Waals surface area (Å²) in [5, 5.41) is 12.2. The van der Waals surface area contributed by atoms with Gasteiger partial charge in [-0.05, 0) is 32.4 Å². The van der Waals surface area contributed by atoms with Crippen LogP contribution in [0.2, 0.25) is 5.15 Å². The molecule has 2 N–H and O–H groups in total. The van der Waals surface area contributed by atoms with Crippen LogP contribution in [-0.2, 0) is 4.79 Å². The van der Waals surface area contributed by atoms with E-state index < -0.39 is 5.97 Å². The first-order chi connectivity index (χ1) is 7.49. The second kappa shape index (κ2) is 5.70. The van der Waals surface area contributed by atoms with Crippen molar-refractivity contribution in [2.24, 2.45) is 0 Å². The summed E-state index contributed by atoms with van der Waals surface area (Å²) in [6, 6.07) is 3.65. The van der Waals surface area contributed by atoms with Gasteiger partial charge in [0.1, 0.15) is 5.15 Å². The number of rotatable bonds is 5. The zero-order chi connectivity index (χ0) is 12.1. The molecule has 1 atom stereocenters. The van der Waals surface area contributed by atoms with Gasteiger partial charge in [-0.3, -0.25) is 4.79 Å². The molecule has 0 spiro atoms. The quantitative estimate of drug-likeness (QED) is 0.780. The van der Waals surface area contributed by atoms with Crippen LogP contribution in [0.4, 0.5) is 5.69 Å². The third kappa shape index (κ3) is 4.06. The Balaban J connectivity index is 2.55. The van der Waals surface area contributed by atoms with Crippen molar-refractivity contribution < 1.29 is 9.90 Å². The smallest absolute Gasteiger partial charge is 0.303 e. The van der Waals surface area contributed by atoms with Crippen LogP contribution in [0.5, 0.6) is 0 Å². The molecule has 0 amide bonds. The topological polar surface area (TPSA) is 62.2 Å². The third-order valence-electron chi connectivity index (χ3n) is 2.24. The summed E-state index contributed by atoms with van der Waals surface area (Å²) in [7, 11) is 0. The Kier molecular flexibility index (Phi) is 4.55. The van der Waals surface area contributed by atoms with Crippen LogP contribution >= 0.6 is 11.6 Å². The molecule has 0 aliphatic rings. The number of anilines is 1. The molecule has 0 saturated carbocycles. The summed E-state index contributed by atoms with van der Waals surface area (Å²) in [4.78, 5) is 14.5. The van der Waals surface area contributed by atoms with Crippen molar-refractivity contribution in [1.29, 1.82) is 0 Å². The van der Waals surface area contributed by atoms with Crippen LogP contribution in [0.1, 0.15) is 25.5 Å². The van der Waals surface area contributed by atoms with Crippen LogP contribution in [-0.4, -0.2) is 22.1 Å². The summed E-state index contributed by atoms with van der Waals surface area (Å²) in [5.74, 6) is -0.778. The van der Waals surface area contributed by atoms with Crippen LogP contribution < -0.4 is 5.32 Å². The molecule has 1 rings (SSSR count). The number of halogens is 1. The van der Waals surface area contributed by atoms with Gasteiger partial charge in [0.2, 0.25) is 0 Å². The maximum atomic E-state index is 10.4.